The van der Waals surface area contributed by atoms with Crippen molar-refractivity contribution in [2.45, 2.75) is 52.2 Å². The first-order valence-corrected chi connectivity index (χ1v) is 9.82. The Morgan fingerprint density at radius 3 is 2.46 bits per heavy atom. The van der Waals surface area contributed by atoms with Crippen LogP contribution in [-0.4, -0.2) is 15.5 Å². The number of aromatic nitrogens is 2. The van der Waals surface area contributed by atoms with Crippen LogP contribution in [-0.2, 0) is 18.6 Å². The van der Waals surface area contributed by atoms with Crippen LogP contribution in [0.25, 0.3) is 0 Å². The van der Waals surface area contributed by atoms with Crippen molar-refractivity contribution in [1.82, 2.24) is 9.78 Å². The molecule has 0 atom stereocenters. The molecule has 0 saturated heterocycles. The third-order valence-electron chi connectivity index (χ3n) is 3.88. The maximum Gasteiger partial charge on any atom is 0.289 e. The first-order valence-electron chi connectivity index (χ1n) is 8.55. The molecule has 142 valence electrons. The average molecular weight is 399 g/mol. The van der Waals surface area contributed by atoms with Gasteiger partial charge in [-0.1, -0.05) is 35.9 Å². The molecule has 0 saturated carbocycles. The third kappa shape index (κ3) is 5.74. The van der Waals surface area contributed by atoms with E-state index in [1.54, 1.807) is 0 Å². The zero-order valence-corrected chi connectivity index (χ0v) is 16.9. The van der Waals surface area contributed by atoms with E-state index in [1.165, 1.54) is 16.4 Å². The quantitative estimate of drug-likeness (QED) is 0.575. The predicted molar refractivity (Wildman–Crippen MR) is 106 cm³/mol. The molecule has 0 spiro atoms. The Kier molecular flexibility index (Phi) is 7.53. The van der Waals surface area contributed by atoms with Crippen LogP contribution in [0.4, 0.5) is 3.89 Å². The zero-order valence-electron chi connectivity index (χ0n) is 15.3. The van der Waals surface area contributed by atoms with Crippen LogP contribution in [0.5, 0.6) is 5.75 Å². The summed E-state index contributed by atoms with van der Waals surface area (Å²) in [4.78, 5) is 12.3. The van der Waals surface area contributed by atoms with Crippen molar-refractivity contribution in [3.05, 3.63) is 57.0 Å². The lowest BCUT2D eigenvalue weighted by molar-refractivity contribution is 0.292. The molecule has 0 aliphatic carbocycles. The molecule has 2 rings (SSSR count). The summed E-state index contributed by atoms with van der Waals surface area (Å²) in [5, 5.41) is 4.19. The van der Waals surface area contributed by atoms with Gasteiger partial charge in [0.2, 0.25) is 0 Å². The molecule has 0 amide bonds. The SMILES string of the molecule is CC(C)(C)n1ncc(OCc2ccc(CCCCSF)cc2)c(Cl)c1=O. The molecule has 7 heteroatoms. The molecule has 1 aromatic carbocycles. The standard InChI is InChI=1S/C19H24ClFN2O2S/c1-19(2,3)23-18(24)17(20)16(12-22-23)25-13-15-9-7-14(8-10-15)6-4-5-11-26-21/h7-10,12H,4-6,11,13H2,1-3H3. The second kappa shape index (κ2) is 9.42. The maximum atomic E-state index is 12.3. The number of unbranched alkanes of at least 4 members (excludes halogenated alkanes) is 1. The Bertz CT molecular complexity index is 773. The van der Waals surface area contributed by atoms with Crippen LogP contribution < -0.4 is 10.3 Å². The number of aryl methyl sites for hydroxylation is 1. The number of benzene rings is 1. The third-order valence-corrected chi connectivity index (χ3v) is 4.67. The molecule has 0 unspecified atom stereocenters. The monoisotopic (exact) mass is 398 g/mol. The van der Waals surface area contributed by atoms with E-state index in [9.17, 15) is 8.68 Å². The second-order valence-electron chi connectivity index (χ2n) is 7.09. The van der Waals surface area contributed by atoms with Gasteiger partial charge in [0.05, 0.1) is 11.7 Å². The lowest BCUT2D eigenvalue weighted by Crippen LogP contribution is -2.36. The van der Waals surface area contributed by atoms with Crippen molar-refractivity contribution >= 4 is 23.7 Å². The van der Waals surface area contributed by atoms with Crippen LogP contribution in [0, 0.1) is 0 Å². The normalized spacial score (nSPS) is 11.6. The van der Waals surface area contributed by atoms with Gasteiger partial charge in [-0.3, -0.25) is 4.79 Å². The molecule has 0 fully saturated rings. The minimum atomic E-state index is -0.446. The Morgan fingerprint density at radius 1 is 1.19 bits per heavy atom. The molecule has 1 heterocycles. The summed E-state index contributed by atoms with van der Waals surface area (Å²) < 4.78 is 19.0. The van der Waals surface area contributed by atoms with E-state index in [0.29, 0.717) is 24.5 Å². The summed E-state index contributed by atoms with van der Waals surface area (Å²) in [6.45, 7) is 5.96. The Morgan fingerprint density at radius 2 is 1.85 bits per heavy atom. The molecular weight excluding hydrogens is 375 g/mol. The average Bonchev–Trinajstić information content (AvgIpc) is 2.60. The van der Waals surface area contributed by atoms with Gasteiger partial charge < -0.3 is 4.74 Å². The fourth-order valence-electron chi connectivity index (χ4n) is 2.45. The van der Waals surface area contributed by atoms with Crippen molar-refractivity contribution in [1.29, 1.82) is 0 Å². The van der Waals surface area contributed by atoms with E-state index in [2.05, 4.69) is 5.10 Å². The van der Waals surface area contributed by atoms with Crippen LogP contribution in [0.2, 0.25) is 5.02 Å². The fourth-order valence-corrected chi connectivity index (χ4v) is 2.94. The first-order chi connectivity index (χ1) is 12.3. The summed E-state index contributed by atoms with van der Waals surface area (Å²) in [6.07, 6.45) is 4.25. The molecule has 26 heavy (non-hydrogen) atoms. The van der Waals surface area contributed by atoms with Crippen molar-refractivity contribution in [3.63, 3.8) is 0 Å². The first kappa shape index (κ1) is 20.8. The van der Waals surface area contributed by atoms with E-state index in [4.69, 9.17) is 16.3 Å². The molecule has 0 aliphatic heterocycles. The highest BCUT2D eigenvalue weighted by Gasteiger charge is 2.19. The van der Waals surface area contributed by atoms with E-state index < -0.39 is 5.54 Å². The van der Waals surface area contributed by atoms with Gasteiger partial charge in [0.1, 0.15) is 6.61 Å². The zero-order chi connectivity index (χ0) is 19.2. The molecule has 0 bridgehead atoms. The molecular formula is C19H24ClFN2O2S. The number of halogens is 2. The molecule has 1 aromatic heterocycles. The predicted octanol–water partition coefficient (Wildman–Crippen LogP) is 5.17. The van der Waals surface area contributed by atoms with Crippen molar-refractivity contribution < 1.29 is 8.62 Å². The minimum absolute atomic E-state index is 0.0391. The Hall–Kier alpha value is -1.53. The van der Waals surface area contributed by atoms with Gasteiger partial charge in [-0.2, -0.15) is 8.98 Å². The Labute approximate surface area is 163 Å². The maximum absolute atomic E-state index is 12.3. The van der Waals surface area contributed by atoms with Gasteiger partial charge in [0.15, 0.2) is 10.8 Å². The van der Waals surface area contributed by atoms with Crippen LogP contribution in [0.1, 0.15) is 44.7 Å². The lowest BCUT2D eigenvalue weighted by Gasteiger charge is -2.21. The fraction of sp³-hybridized carbons (Fsp3) is 0.474. The highest BCUT2D eigenvalue weighted by Crippen LogP contribution is 2.22. The summed E-state index contributed by atoms with van der Waals surface area (Å²) in [7, 11) is 0. The summed E-state index contributed by atoms with van der Waals surface area (Å²) in [5.74, 6) is 0.833. The van der Waals surface area contributed by atoms with Gasteiger partial charge in [0.25, 0.3) is 5.56 Å². The van der Waals surface area contributed by atoms with Crippen LogP contribution >= 0.6 is 23.7 Å². The molecule has 0 radical (unpaired) electrons. The number of nitrogens with zero attached hydrogens (tertiary/aromatic N) is 2. The largest absolute Gasteiger partial charge is 0.485 e. The van der Waals surface area contributed by atoms with E-state index >= 15 is 0 Å². The molecule has 4 nitrogen and oxygen atoms in total. The Balaban J connectivity index is 1.97. The summed E-state index contributed by atoms with van der Waals surface area (Å²) in [6, 6.07) is 8.05. The second-order valence-corrected chi connectivity index (χ2v) is 8.09. The van der Waals surface area contributed by atoms with Crippen LogP contribution in [0.15, 0.2) is 35.3 Å². The van der Waals surface area contributed by atoms with E-state index in [0.717, 1.165) is 24.8 Å². The highest BCUT2D eigenvalue weighted by atomic mass is 35.5. The van der Waals surface area contributed by atoms with Gasteiger partial charge in [-0.25, -0.2) is 4.68 Å². The number of hydrogen-bond acceptors (Lipinski definition) is 4. The minimum Gasteiger partial charge on any atom is -0.485 e. The van der Waals surface area contributed by atoms with E-state index in [-0.39, 0.29) is 16.3 Å². The molecule has 0 N–H and O–H groups in total. The number of ether oxygens (including phenoxy) is 1. The summed E-state index contributed by atoms with van der Waals surface area (Å²) in [5.41, 5.74) is 1.38. The van der Waals surface area contributed by atoms with Gasteiger partial charge in [0, 0.05) is 17.9 Å². The smallest absolute Gasteiger partial charge is 0.289 e. The van der Waals surface area contributed by atoms with Gasteiger partial charge in [-0.05, 0) is 51.2 Å². The topological polar surface area (TPSA) is 44.1 Å². The highest BCUT2D eigenvalue weighted by molar-refractivity contribution is 7.94. The van der Waals surface area contributed by atoms with Crippen LogP contribution in [0.3, 0.4) is 0 Å². The van der Waals surface area contributed by atoms with Gasteiger partial charge >= 0.3 is 0 Å². The van der Waals surface area contributed by atoms with Crippen molar-refractivity contribution in [3.8, 4) is 5.75 Å². The van der Waals surface area contributed by atoms with Gasteiger partial charge in [-0.15, -0.1) is 0 Å². The molecule has 0 aliphatic rings. The number of rotatable bonds is 8. The van der Waals surface area contributed by atoms with Crippen molar-refractivity contribution in [2.24, 2.45) is 0 Å². The molecule has 2 aromatic rings. The number of hydrogen-bond donors (Lipinski definition) is 0. The lowest BCUT2D eigenvalue weighted by atomic mass is 10.1. The summed E-state index contributed by atoms with van der Waals surface area (Å²) >= 11 is 6.54. The van der Waals surface area contributed by atoms with Crippen molar-refractivity contribution in [2.75, 3.05) is 5.75 Å². The van der Waals surface area contributed by atoms with E-state index in [1.807, 2.05) is 45.0 Å².